The van der Waals surface area contributed by atoms with E-state index in [0.29, 0.717) is 6.54 Å². The minimum Gasteiger partial charge on any atom is -0.378 e. The third-order valence-corrected chi connectivity index (χ3v) is 4.01. The second-order valence-electron chi connectivity index (χ2n) is 5.00. The number of nitrogens with one attached hydrogen (secondary N) is 1. The second-order valence-corrected chi connectivity index (χ2v) is 5.78. The highest BCUT2D eigenvalue weighted by Crippen LogP contribution is 2.22. The highest BCUT2D eigenvalue weighted by molar-refractivity contribution is 7.07. The lowest BCUT2D eigenvalue weighted by Crippen LogP contribution is -2.23. The zero-order valence-electron chi connectivity index (χ0n) is 12.1. The van der Waals surface area contributed by atoms with Crippen molar-refractivity contribution in [2.75, 3.05) is 12.4 Å². The van der Waals surface area contributed by atoms with Crippen LogP contribution in [0.3, 0.4) is 0 Å². The van der Waals surface area contributed by atoms with Crippen LogP contribution in [0.25, 0.3) is 0 Å². The zero-order chi connectivity index (χ0) is 14.5. The van der Waals surface area contributed by atoms with Gasteiger partial charge in [0, 0.05) is 32.2 Å². The first kappa shape index (κ1) is 14.6. The van der Waals surface area contributed by atoms with Gasteiger partial charge in [0.05, 0.1) is 0 Å². The van der Waals surface area contributed by atoms with Gasteiger partial charge in [0.2, 0.25) is 5.91 Å². The maximum atomic E-state index is 11.3. The molecule has 0 saturated heterocycles. The molecule has 0 bridgehead atoms. The minimum absolute atomic E-state index is 0.0787. The van der Waals surface area contributed by atoms with Gasteiger partial charge in [-0.15, -0.1) is 0 Å². The molecule has 0 aliphatic carbocycles. The molecule has 1 amide bonds. The van der Waals surface area contributed by atoms with Crippen LogP contribution in [0.1, 0.15) is 31.0 Å². The molecule has 1 unspecified atom stereocenters. The molecule has 2 rings (SSSR count). The summed E-state index contributed by atoms with van der Waals surface area (Å²) < 4.78 is 0. The summed E-state index contributed by atoms with van der Waals surface area (Å²) in [6, 6.07) is 10.6. The summed E-state index contributed by atoms with van der Waals surface area (Å²) in [6.07, 6.45) is 0. The van der Waals surface area contributed by atoms with E-state index in [1.807, 2.05) is 19.2 Å². The fraction of sp³-hybridized carbons (Fsp3) is 0.312. The van der Waals surface area contributed by atoms with Gasteiger partial charge in [0.15, 0.2) is 0 Å². The van der Waals surface area contributed by atoms with Crippen molar-refractivity contribution < 1.29 is 4.79 Å². The molecule has 0 aliphatic heterocycles. The first-order valence-electron chi connectivity index (χ1n) is 6.65. The van der Waals surface area contributed by atoms with Crippen molar-refractivity contribution in [1.29, 1.82) is 0 Å². The van der Waals surface area contributed by atoms with E-state index in [9.17, 15) is 4.79 Å². The molecule has 106 valence electrons. The number of carbonyl (C=O) groups excluding carboxylic acids is 1. The van der Waals surface area contributed by atoms with Crippen LogP contribution in [0.5, 0.6) is 0 Å². The number of thiophene rings is 1. The molecule has 20 heavy (non-hydrogen) atoms. The molecular weight excluding hydrogens is 268 g/mol. The van der Waals surface area contributed by atoms with Crippen molar-refractivity contribution >= 4 is 22.9 Å². The Balaban J connectivity index is 2.04. The minimum atomic E-state index is 0.0787. The smallest absolute Gasteiger partial charge is 0.219 e. The van der Waals surface area contributed by atoms with Crippen molar-refractivity contribution in [3.63, 3.8) is 0 Å². The molecule has 0 saturated carbocycles. The molecule has 3 nitrogen and oxygen atoms in total. The van der Waals surface area contributed by atoms with Gasteiger partial charge in [-0.25, -0.2) is 0 Å². The van der Waals surface area contributed by atoms with Gasteiger partial charge in [-0.2, -0.15) is 11.3 Å². The number of nitrogens with zero attached hydrogens (tertiary/aromatic N) is 1. The van der Waals surface area contributed by atoms with Gasteiger partial charge >= 0.3 is 0 Å². The molecule has 1 atom stereocenters. The van der Waals surface area contributed by atoms with Crippen LogP contribution < -0.4 is 5.32 Å². The third kappa shape index (κ3) is 3.84. The van der Waals surface area contributed by atoms with E-state index in [1.54, 1.807) is 23.2 Å². The molecule has 1 N–H and O–H groups in total. The van der Waals surface area contributed by atoms with Crippen LogP contribution >= 0.6 is 11.3 Å². The third-order valence-electron chi connectivity index (χ3n) is 3.31. The van der Waals surface area contributed by atoms with Gasteiger partial charge in [0.25, 0.3) is 0 Å². The van der Waals surface area contributed by atoms with E-state index in [2.05, 4.69) is 41.2 Å². The molecule has 4 heteroatoms. The Labute approximate surface area is 124 Å². The summed E-state index contributed by atoms with van der Waals surface area (Å²) >= 11 is 1.71. The van der Waals surface area contributed by atoms with E-state index in [-0.39, 0.29) is 11.9 Å². The summed E-state index contributed by atoms with van der Waals surface area (Å²) in [4.78, 5) is 13.0. The average molecular weight is 288 g/mol. The van der Waals surface area contributed by atoms with Gasteiger partial charge in [-0.3, -0.25) is 4.79 Å². The highest BCUT2D eigenvalue weighted by Gasteiger charge is 2.07. The van der Waals surface area contributed by atoms with Crippen LogP contribution in [-0.4, -0.2) is 17.9 Å². The normalized spacial score (nSPS) is 11.9. The number of carbonyl (C=O) groups is 1. The molecule has 0 radical (unpaired) electrons. The number of hydrogen-bond donors (Lipinski definition) is 1. The maximum Gasteiger partial charge on any atom is 0.219 e. The Kier molecular flexibility index (Phi) is 4.79. The van der Waals surface area contributed by atoms with Crippen molar-refractivity contribution in [3.8, 4) is 0 Å². The van der Waals surface area contributed by atoms with Crippen molar-refractivity contribution in [3.05, 3.63) is 52.2 Å². The van der Waals surface area contributed by atoms with Crippen LogP contribution in [0.4, 0.5) is 5.69 Å². The summed E-state index contributed by atoms with van der Waals surface area (Å²) in [5.41, 5.74) is 3.50. The number of rotatable bonds is 5. The molecule has 1 aromatic carbocycles. The van der Waals surface area contributed by atoms with E-state index < -0.39 is 0 Å². The van der Waals surface area contributed by atoms with E-state index in [4.69, 9.17) is 0 Å². The Morgan fingerprint density at radius 2 is 2.20 bits per heavy atom. The number of amides is 1. The molecule has 1 aromatic heterocycles. The SMILES string of the molecule is CC(=O)N(C)Cc1cccc(NC(C)c2ccsc2)c1. The fourth-order valence-corrected chi connectivity index (χ4v) is 2.75. The molecule has 1 heterocycles. The van der Waals surface area contributed by atoms with Gasteiger partial charge in [-0.05, 0) is 47.0 Å². The topological polar surface area (TPSA) is 32.3 Å². The Morgan fingerprint density at radius 3 is 2.85 bits per heavy atom. The van der Waals surface area contributed by atoms with Crippen LogP contribution in [0.15, 0.2) is 41.1 Å². The van der Waals surface area contributed by atoms with E-state index in [1.165, 1.54) is 5.56 Å². The van der Waals surface area contributed by atoms with Gasteiger partial charge in [0.1, 0.15) is 0 Å². The lowest BCUT2D eigenvalue weighted by Gasteiger charge is -2.17. The predicted molar refractivity (Wildman–Crippen MR) is 84.9 cm³/mol. The second kappa shape index (κ2) is 6.57. The Morgan fingerprint density at radius 1 is 1.40 bits per heavy atom. The molecule has 0 aliphatic rings. The summed E-state index contributed by atoms with van der Waals surface area (Å²) in [7, 11) is 1.82. The molecule has 0 fully saturated rings. The first-order valence-corrected chi connectivity index (χ1v) is 7.60. The van der Waals surface area contributed by atoms with Crippen molar-refractivity contribution in [2.45, 2.75) is 26.4 Å². The predicted octanol–water partition coefficient (Wildman–Crippen LogP) is 3.90. The molecule has 2 aromatic rings. The van der Waals surface area contributed by atoms with Crippen molar-refractivity contribution in [2.24, 2.45) is 0 Å². The van der Waals surface area contributed by atoms with Crippen LogP contribution in [-0.2, 0) is 11.3 Å². The van der Waals surface area contributed by atoms with E-state index in [0.717, 1.165) is 11.3 Å². The number of benzene rings is 1. The Bertz CT molecular complexity index is 566. The quantitative estimate of drug-likeness (QED) is 0.905. The van der Waals surface area contributed by atoms with E-state index >= 15 is 0 Å². The zero-order valence-corrected chi connectivity index (χ0v) is 12.9. The van der Waals surface area contributed by atoms with Crippen LogP contribution in [0, 0.1) is 0 Å². The summed E-state index contributed by atoms with van der Waals surface area (Å²) in [6.45, 7) is 4.37. The lowest BCUT2D eigenvalue weighted by molar-refractivity contribution is -0.128. The summed E-state index contributed by atoms with van der Waals surface area (Å²) in [5, 5.41) is 7.74. The number of hydrogen-bond acceptors (Lipinski definition) is 3. The largest absolute Gasteiger partial charge is 0.378 e. The number of anilines is 1. The van der Waals surface area contributed by atoms with Gasteiger partial charge < -0.3 is 10.2 Å². The highest BCUT2D eigenvalue weighted by atomic mass is 32.1. The van der Waals surface area contributed by atoms with Crippen LogP contribution in [0.2, 0.25) is 0 Å². The standard InChI is InChI=1S/C16H20N2OS/c1-12(15-7-8-20-11-15)17-16-6-4-5-14(9-16)10-18(3)13(2)19/h4-9,11-12,17H,10H2,1-3H3. The monoisotopic (exact) mass is 288 g/mol. The Hall–Kier alpha value is -1.81. The fourth-order valence-electron chi connectivity index (χ4n) is 2.00. The lowest BCUT2D eigenvalue weighted by atomic mass is 10.1. The average Bonchev–Trinajstić information content (AvgIpc) is 2.92. The molecule has 0 spiro atoms. The summed E-state index contributed by atoms with van der Waals surface area (Å²) in [5.74, 6) is 0.0787. The molecular formula is C16H20N2OS. The van der Waals surface area contributed by atoms with Crippen molar-refractivity contribution in [1.82, 2.24) is 4.90 Å². The van der Waals surface area contributed by atoms with Gasteiger partial charge in [-0.1, -0.05) is 12.1 Å². The maximum absolute atomic E-state index is 11.3. The first-order chi connectivity index (χ1) is 9.56.